The summed E-state index contributed by atoms with van der Waals surface area (Å²) in [6.45, 7) is 6.38. The van der Waals surface area contributed by atoms with Gasteiger partial charge in [-0.3, -0.25) is 0 Å². The molecule has 0 amide bonds. The van der Waals surface area contributed by atoms with Gasteiger partial charge in [-0.05, 0) is 37.8 Å². The van der Waals surface area contributed by atoms with Gasteiger partial charge in [0.15, 0.2) is 5.16 Å². The second-order valence-corrected chi connectivity index (χ2v) is 7.94. The van der Waals surface area contributed by atoms with E-state index in [4.69, 9.17) is 22.3 Å². The Kier molecular flexibility index (Phi) is 9.19. The highest BCUT2D eigenvalue weighted by molar-refractivity contribution is 7.99. The van der Waals surface area contributed by atoms with E-state index in [1.807, 2.05) is 17.8 Å². The highest BCUT2D eigenvalue weighted by Crippen LogP contribution is 2.34. The Morgan fingerprint density at radius 2 is 1.92 bits per heavy atom. The fraction of sp³-hybridized carbons (Fsp3) is 0.588. The fourth-order valence-corrected chi connectivity index (χ4v) is 4.29. The van der Waals surface area contributed by atoms with Crippen LogP contribution in [0.2, 0.25) is 5.02 Å². The first kappa shape index (κ1) is 22.7. The molecule has 0 aliphatic carbocycles. The van der Waals surface area contributed by atoms with E-state index < -0.39 is 0 Å². The number of imidazole rings is 1. The summed E-state index contributed by atoms with van der Waals surface area (Å²) in [5.74, 6) is 0. The van der Waals surface area contributed by atoms with Crippen LogP contribution in [0.25, 0.3) is 11.0 Å². The molecule has 1 aromatic heterocycles. The molecule has 1 aliphatic heterocycles. The summed E-state index contributed by atoms with van der Waals surface area (Å²) in [5.41, 5.74) is 9.10. The molecule has 0 saturated carbocycles. The smallest absolute Gasteiger partial charge is 0.166 e. The molecule has 2 heterocycles. The van der Waals surface area contributed by atoms with Gasteiger partial charge >= 0.3 is 0 Å². The summed E-state index contributed by atoms with van der Waals surface area (Å²) in [6, 6.07) is 4.44. The van der Waals surface area contributed by atoms with Gasteiger partial charge < -0.3 is 15.6 Å². The Morgan fingerprint density at radius 1 is 1.28 bits per heavy atom. The van der Waals surface area contributed by atoms with Gasteiger partial charge in [0.1, 0.15) is 0 Å². The summed E-state index contributed by atoms with van der Waals surface area (Å²) in [6.07, 6.45) is 4.34. The van der Waals surface area contributed by atoms with Gasteiger partial charge in [0.05, 0.1) is 21.7 Å². The molecule has 1 aromatic carbocycles. The number of H-pyrrole nitrogens is 1. The third-order valence-electron chi connectivity index (χ3n) is 4.60. The van der Waals surface area contributed by atoms with Crippen molar-refractivity contribution < 1.29 is 0 Å². The van der Waals surface area contributed by atoms with Crippen LogP contribution >= 0.6 is 48.2 Å². The van der Waals surface area contributed by atoms with Crippen molar-refractivity contribution in [2.75, 3.05) is 18.0 Å². The Hall–Kier alpha value is -0.330. The molecule has 3 rings (SSSR count). The molecule has 0 unspecified atom stereocenters. The molecule has 3 N–H and O–H groups in total. The minimum absolute atomic E-state index is 0. The van der Waals surface area contributed by atoms with Crippen molar-refractivity contribution in [3.05, 3.63) is 17.2 Å². The van der Waals surface area contributed by atoms with Crippen LogP contribution in [0.1, 0.15) is 39.5 Å². The highest BCUT2D eigenvalue weighted by atomic mass is 35.5. The molecule has 1 fully saturated rings. The average molecular weight is 426 g/mol. The number of piperidine rings is 1. The maximum atomic E-state index is 6.51. The Bertz CT molecular complexity index is 667. The Morgan fingerprint density at radius 3 is 2.52 bits per heavy atom. The Balaban J connectivity index is 0.00000156. The number of hydrogen-bond donors (Lipinski definition) is 2. The van der Waals surface area contributed by atoms with Gasteiger partial charge in [0.25, 0.3) is 0 Å². The van der Waals surface area contributed by atoms with Crippen LogP contribution in [0.4, 0.5) is 5.69 Å². The maximum absolute atomic E-state index is 6.51. The van der Waals surface area contributed by atoms with Gasteiger partial charge in [-0.1, -0.05) is 37.2 Å². The van der Waals surface area contributed by atoms with Crippen LogP contribution < -0.4 is 10.6 Å². The highest BCUT2D eigenvalue weighted by Gasteiger charge is 2.20. The number of fused-ring (bicyclic) bond motifs is 1. The van der Waals surface area contributed by atoms with Crippen LogP contribution in [0.5, 0.6) is 0 Å². The van der Waals surface area contributed by atoms with Crippen molar-refractivity contribution in [3.8, 4) is 0 Å². The molecular weight excluding hydrogens is 399 g/mol. The van der Waals surface area contributed by atoms with Gasteiger partial charge in [-0.25, -0.2) is 4.98 Å². The van der Waals surface area contributed by atoms with E-state index in [2.05, 4.69) is 29.8 Å². The van der Waals surface area contributed by atoms with Crippen molar-refractivity contribution in [1.29, 1.82) is 0 Å². The number of anilines is 1. The summed E-state index contributed by atoms with van der Waals surface area (Å²) in [4.78, 5) is 10.5. The van der Waals surface area contributed by atoms with Crippen molar-refractivity contribution in [3.63, 3.8) is 0 Å². The predicted molar refractivity (Wildman–Crippen MR) is 115 cm³/mol. The lowest BCUT2D eigenvalue weighted by Crippen LogP contribution is -2.39. The average Bonchev–Trinajstić information content (AvgIpc) is 2.94. The lowest BCUT2D eigenvalue weighted by atomic mass is 10.1. The number of aromatic amines is 1. The third kappa shape index (κ3) is 5.33. The second kappa shape index (κ2) is 10.1. The minimum Gasteiger partial charge on any atom is -0.370 e. The molecule has 1 aliphatic rings. The summed E-state index contributed by atoms with van der Waals surface area (Å²) >= 11 is 8.33. The van der Waals surface area contributed by atoms with E-state index >= 15 is 0 Å². The molecule has 142 valence electrons. The first-order chi connectivity index (χ1) is 11.1. The van der Waals surface area contributed by atoms with E-state index in [9.17, 15) is 0 Å². The zero-order valence-electron chi connectivity index (χ0n) is 14.6. The summed E-state index contributed by atoms with van der Waals surface area (Å²) in [7, 11) is 0. The first-order valence-electron chi connectivity index (χ1n) is 8.47. The lowest BCUT2D eigenvalue weighted by Gasteiger charge is -2.32. The van der Waals surface area contributed by atoms with E-state index in [0.717, 1.165) is 65.7 Å². The topological polar surface area (TPSA) is 57.9 Å². The molecule has 25 heavy (non-hydrogen) atoms. The van der Waals surface area contributed by atoms with Crippen LogP contribution in [0, 0.1) is 0 Å². The first-order valence-corrected chi connectivity index (χ1v) is 9.72. The van der Waals surface area contributed by atoms with Gasteiger partial charge in [0.2, 0.25) is 0 Å². The monoisotopic (exact) mass is 424 g/mol. The second-order valence-electron chi connectivity index (χ2n) is 6.24. The molecule has 0 bridgehead atoms. The number of aromatic nitrogens is 2. The summed E-state index contributed by atoms with van der Waals surface area (Å²) in [5, 5.41) is 2.37. The number of nitrogens with one attached hydrogen (secondary N) is 1. The maximum Gasteiger partial charge on any atom is 0.166 e. The zero-order valence-corrected chi connectivity index (χ0v) is 17.8. The number of rotatable bonds is 5. The van der Waals surface area contributed by atoms with Crippen molar-refractivity contribution >= 4 is 64.9 Å². The van der Waals surface area contributed by atoms with Gasteiger partial charge in [-0.15, -0.1) is 24.8 Å². The number of nitrogens with two attached hydrogens (primary N) is 1. The van der Waals surface area contributed by atoms with Crippen LogP contribution in [-0.4, -0.2) is 34.3 Å². The normalized spacial score (nSPS) is 15.3. The lowest BCUT2D eigenvalue weighted by molar-refractivity contribution is 0.501. The molecule has 0 atom stereocenters. The van der Waals surface area contributed by atoms with E-state index in [-0.39, 0.29) is 24.8 Å². The number of thioether (sulfide) groups is 1. The molecule has 8 heteroatoms. The van der Waals surface area contributed by atoms with Crippen molar-refractivity contribution in [2.24, 2.45) is 5.73 Å². The van der Waals surface area contributed by atoms with Crippen molar-refractivity contribution in [2.45, 2.75) is 56.0 Å². The zero-order chi connectivity index (χ0) is 16.4. The molecular formula is C17H27Cl3N4S. The van der Waals surface area contributed by atoms with Crippen LogP contribution in [-0.2, 0) is 0 Å². The fourth-order valence-electron chi connectivity index (χ4n) is 3.05. The quantitative estimate of drug-likeness (QED) is 0.641. The number of hydrogen-bond acceptors (Lipinski definition) is 4. The minimum atomic E-state index is 0. The van der Waals surface area contributed by atoms with Crippen LogP contribution in [0.15, 0.2) is 17.3 Å². The standard InChI is InChI=1S/C17H25ClN4S.2ClH/c1-3-12(4-2)23-17-20-14-9-13(18)16(10-15(14)21-17)22-7-5-11(19)6-8-22;;/h9-12H,3-8,19H2,1-2H3,(H,20,21);2*1H. The Labute approximate surface area is 171 Å². The third-order valence-corrected chi connectivity index (χ3v) is 6.32. The molecule has 2 aromatic rings. The van der Waals surface area contributed by atoms with Crippen LogP contribution in [0.3, 0.4) is 0 Å². The van der Waals surface area contributed by atoms with Gasteiger partial charge in [-0.2, -0.15) is 0 Å². The van der Waals surface area contributed by atoms with E-state index in [0.29, 0.717) is 11.3 Å². The largest absolute Gasteiger partial charge is 0.370 e. The molecule has 1 saturated heterocycles. The van der Waals surface area contributed by atoms with E-state index in [1.54, 1.807) is 0 Å². The molecule has 0 spiro atoms. The summed E-state index contributed by atoms with van der Waals surface area (Å²) < 4.78 is 0. The number of benzene rings is 1. The van der Waals surface area contributed by atoms with Crippen molar-refractivity contribution in [1.82, 2.24) is 9.97 Å². The predicted octanol–water partition coefficient (Wildman–Crippen LogP) is 5.27. The van der Waals surface area contributed by atoms with E-state index in [1.165, 1.54) is 0 Å². The SMILES string of the molecule is CCC(CC)Sc1nc2cc(Cl)c(N3CCC(N)CC3)cc2[nH]1.Cl.Cl. The molecule has 4 nitrogen and oxygen atoms in total. The number of nitrogens with zero attached hydrogens (tertiary/aromatic N) is 2. The number of halogens is 3. The molecule has 0 radical (unpaired) electrons. The van der Waals surface area contributed by atoms with Gasteiger partial charge in [0, 0.05) is 24.4 Å².